The van der Waals surface area contributed by atoms with Crippen LogP contribution in [-0.4, -0.2) is 31.3 Å². The summed E-state index contributed by atoms with van der Waals surface area (Å²) in [6.45, 7) is 13.0. The van der Waals surface area contributed by atoms with Crippen molar-refractivity contribution in [3.63, 3.8) is 0 Å². The third-order valence-electron chi connectivity index (χ3n) is 3.56. The van der Waals surface area contributed by atoms with E-state index in [2.05, 4.69) is 45.3 Å². The van der Waals surface area contributed by atoms with Crippen LogP contribution in [0.4, 0.5) is 0 Å². The molecule has 1 N–H and O–H groups in total. The molecule has 0 saturated heterocycles. The van der Waals surface area contributed by atoms with Gasteiger partial charge in [-0.25, -0.2) is 4.98 Å². The summed E-state index contributed by atoms with van der Waals surface area (Å²) < 4.78 is 5.27. The third kappa shape index (κ3) is 6.90. The van der Waals surface area contributed by atoms with E-state index in [9.17, 15) is 0 Å². The number of nitrogens with one attached hydrogen (secondary N) is 1. The quantitative estimate of drug-likeness (QED) is 0.747. The molecule has 2 unspecified atom stereocenters. The van der Waals surface area contributed by atoms with Gasteiger partial charge in [0.1, 0.15) is 0 Å². The topological polar surface area (TPSA) is 34.2 Å². The zero-order valence-corrected chi connectivity index (χ0v) is 15.3. The van der Waals surface area contributed by atoms with Crippen molar-refractivity contribution in [3.8, 4) is 0 Å². The summed E-state index contributed by atoms with van der Waals surface area (Å²) in [5.41, 5.74) is 1.35. The van der Waals surface area contributed by atoms with Crippen molar-refractivity contribution in [1.82, 2.24) is 10.3 Å². The monoisotopic (exact) mass is 312 g/mol. The molecule has 0 amide bonds. The number of hydrogen-bond acceptors (Lipinski definition) is 4. The predicted octanol–water partition coefficient (Wildman–Crippen LogP) is 4.02. The minimum atomic E-state index is 0.143. The first-order valence-corrected chi connectivity index (χ1v) is 8.92. The van der Waals surface area contributed by atoms with Gasteiger partial charge in [-0.15, -0.1) is 11.3 Å². The van der Waals surface area contributed by atoms with E-state index < -0.39 is 0 Å². The van der Waals surface area contributed by atoms with Gasteiger partial charge in [-0.2, -0.15) is 0 Å². The van der Waals surface area contributed by atoms with Crippen LogP contribution < -0.4 is 5.32 Å². The fourth-order valence-corrected chi connectivity index (χ4v) is 3.49. The van der Waals surface area contributed by atoms with Crippen molar-refractivity contribution in [3.05, 3.63) is 16.1 Å². The Morgan fingerprint density at radius 3 is 2.62 bits per heavy atom. The summed E-state index contributed by atoms with van der Waals surface area (Å²) >= 11 is 1.80. The van der Waals surface area contributed by atoms with Crippen molar-refractivity contribution in [2.75, 3.05) is 20.3 Å². The second-order valence-electron chi connectivity index (χ2n) is 7.03. The average molecular weight is 313 g/mol. The lowest BCUT2D eigenvalue weighted by atomic mass is 9.93. The normalized spacial score (nSPS) is 15.1. The number of rotatable bonds is 9. The second kappa shape index (κ2) is 8.86. The van der Waals surface area contributed by atoms with Crippen LogP contribution in [0.15, 0.2) is 5.38 Å². The Hall–Kier alpha value is -0.450. The maximum atomic E-state index is 5.27. The fourth-order valence-electron chi connectivity index (χ4n) is 2.39. The highest BCUT2D eigenvalue weighted by atomic mass is 32.1. The molecule has 0 saturated carbocycles. The summed E-state index contributed by atoms with van der Waals surface area (Å²) in [6, 6.07) is 0.495. The number of ether oxygens (including phenoxy) is 1. The first kappa shape index (κ1) is 18.6. The standard InChI is InChI=1S/C17H32N2OS/c1-7-8-18-14(9-13(2)11-20-6)10-16-19-15(12-21-16)17(3,4)5/h12-14,18H,7-11H2,1-6H3. The van der Waals surface area contributed by atoms with E-state index in [1.807, 2.05) is 0 Å². The first-order chi connectivity index (χ1) is 9.86. The van der Waals surface area contributed by atoms with Crippen LogP contribution in [0.25, 0.3) is 0 Å². The summed E-state index contributed by atoms with van der Waals surface area (Å²) in [5.74, 6) is 0.575. The fraction of sp³-hybridized carbons (Fsp3) is 0.824. The molecule has 1 aromatic rings. The van der Waals surface area contributed by atoms with Crippen LogP contribution in [0.5, 0.6) is 0 Å². The number of aromatic nitrogens is 1. The molecule has 3 nitrogen and oxygen atoms in total. The third-order valence-corrected chi connectivity index (χ3v) is 4.43. The maximum Gasteiger partial charge on any atom is 0.0944 e. The molecule has 1 heterocycles. The molecule has 1 rings (SSSR count). The second-order valence-corrected chi connectivity index (χ2v) is 7.97. The van der Waals surface area contributed by atoms with Gasteiger partial charge in [-0.1, -0.05) is 34.6 Å². The average Bonchev–Trinajstić information content (AvgIpc) is 2.84. The summed E-state index contributed by atoms with van der Waals surface area (Å²) in [4.78, 5) is 4.83. The Bertz CT molecular complexity index is 398. The number of hydrogen-bond donors (Lipinski definition) is 1. The van der Waals surface area contributed by atoms with Crippen LogP contribution >= 0.6 is 11.3 Å². The summed E-state index contributed by atoms with van der Waals surface area (Å²) in [7, 11) is 1.78. The van der Waals surface area contributed by atoms with Gasteiger partial charge >= 0.3 is 0 Å². The van der Waals surface area contributed by atoms with Gasteiger partial charge in [0, 0.05) is 37.0 Å². The zero-order chi connectivity index (χ0) is 15.9. The van der Waals surface area contributed by atoms with Crippen LogP contribution in [-0.2, 0) is 16.6 Å². The van der Waals surface area contributed by atoms with Crippen molar-refractivity contribution < 1.29 is 4.74 Å². The van der Waals surface area contributed by atoms with Gasteiger partial charge in [0.2, 0.25) is 0 Å². The highest BCUT2D eigenvalue weighted by molar-refractivity contribution is 7.09. The maximum absolute atomic E-state index is 5.27. The molecule has 21 heavy (non-hydrogen) atoms. The van der Waals surface area contributed by atoms with Crippen LogP contribution in [0, 0.1) is 5.92 Å². The first-order valence-electron chi connectivity index (χ1n) is 8.04. The van der Waals surface area contributed by atoms with Crippen LogP contribution in [0.1, 0.15) is 58.2 Å². The zero-order valence-electron chi connectivity index (χ0n) is 14.5. The summed E-state index contributed by atoms with van der Waals surface area (Å²) in [5, 5.41) is 7.13. The molecular weight excluding hydrogens is 280 g/mol. The Morgan fingerprint density at radius 2 is 2.10 bits per heavy atom. The van der Waals surface area contributed by atoms with Gasteiger partial charge in [-0.05, 0) is 25.3 Å². The molecule has 0 aliphatic heterocycles. The molecule has 0 bridgehead atoms. The van der Waals surface area contributed by atoms with E-state index in [1.165, 1.54) is 17.1 Å². The van der Waals surface area contributed by atoms with Crippen molar-refractivity contribution in [1.29, 1.82) is 0 Å². The highest BCUT2D eigenvalue weighted by Crippen LogP contribution is 2.25. The Balaban J connectivity index is 2.64. The van der Waals surface area contributed by atoms with Gasteiger partial charge < -0.3 is 10.1 Å². The van der Waals surface area contributed by atoms with Gasteiger partial charge in [0.15, 0.2) is 0 Å². The van der Waals surface area contributed by atoms with Crippen molar-refractivity contribution in [2.24, 2.45) is 5.92 Å². The Kier molecular flexibility index (Phi) is 7.85. The van der Waals surface area contributed by atoms with Crippen molar-refractivity contribution >= 4 is 11.3 Å². The van der Waals surface area contributed by atoms with E-state index in [0.717, 1.165) is 26.0 Å². The highest BCUT2D eigenvalue weighted by Gasteiger charge is 2.20. The lowest BCUT2D eigenvalue weighted by Gasteiger charge is -2.21. The molecule has 0 aliphatic rings. The van der Waals surface area contributed by atoms with E-state index in [4.69, 9.17) is 9.72 Å². The Morgan fingerprint density at radius 1 is 1.38 bits per heavy atom. The van der Waals surface area contributed by atoms with Crippen molar-refractivity contribution in [2.45, 2.75) is 65.3 Å². The Labute approximate surface area is 134 Å². The minimum absolute atomic E-state index is 0.143. The van der Waals surface area contributed by atoms with Gasteiger partial charge in [-0.3, -0.25) is 0 Å². The number of methoxy groups -OCH3 is 1. The SMILES string of the molecule is CCCNC(Cc1nc(C(C)(C)C)cs1)CC(C)COC. The van der Waals surface area contributed by atoms with E-state index in [-0.39, 0.29) is 5.41 Å². The minimum Gasteiger partial charge on any atom is -0.384 e. The smallest absolute Gasteiger partial charge is 0.0944 e. The molecule has 0 radical (unpaired) electrons. The predicted molar refractivity (Wildman–Crippen MR) is 92.3 cm³/mol. The summed E-state index contributed by atoms with van der Waals surface area (Å²) in [6.07, 6.45) is 3.33. The molecule has 2 atom stereocenters. The molecule has 0 aromatic carbocycles. The van der Waals surface area contributed by atoms with Crippen LogP contribution in [0.2, 0.25) is 0 Å². The molecule has 0 fully saturated rings. The van der Waals surface area contributed by atoms with Gasteiger partial charge in [0.05, 0.1) is 10.7 Å². The number of thiazole rings is 1. The van der Waals surface area contributed by atoms with E-state index in [1.54, 1.807) is 18.4 Å². The molecule has 1 aromatic heterocycles. The lowest BCUT2D eigenvalue weighted by molar-refractivity contribution is 0.149. The molecule has 0 aliphatic carbocycles. The molecule has 4 heteroatoms. The molecule has 122 valence electrons. The lowest BCUT2D eigenvalue weighted by Crippen LogP contribution is -2.34. The van der Waals surface area contributed by atoms with E-state index >= 15 is 0 Å². The van der Waals surface area contributed by atoms with Crippen LogP contribution in [0.3, 0.4) is 0 Å². The number of nitrogens with zero attached hydrogens (tertiary/aromatic N) is 1. The van der Waals surface area contributed by atoms with E-state index in [0.29, 0.717) is 12.0 Å². The largest absolute Gasteiger partial charge is 0.384 e. The molecular formula is C17H32N2OS. The van der Waals surface area contributed by atoms with Gasteiger partial charge in [0.25, 0.3) is 0 Å². The molecule has 0 spiro atoms.